The molecular formula is C5H3Cl3N2O. The minimum Gasteiger partial charge on any atom is -0.438 e. The van der Waals surface area contributed by atoms with E-state index in [1.54, 1.807) is 0 Å². The Bertz CT molecular complexity index is 239. The van der Waals surface area contributed by atoms with Crippen molar-refractivity contribution in [3.8, 4) is 0 Å². The van der Waals surface area contributed by atoms with E-state index >= 15 is 0 Å². The van der Waals surface area contributed by atoms with Crippen LogP contribution in [-0.4, -0.2) is 10.0 Å². The van der Waals surface area contributed by atoms with E-state index in [0.717, 1.165) is 0 Å². The number of nitrogens with zero attached hydrogens (tertiary/aromatic N) is 2. The van der Waals surface area contributed by atoms with Gasteiger partial charge in [-0.05, 0) is 0 Å². The monoisotopic (exact) mass is 212 g/mol. The van der Waals surface area contributed by atoms with Gasteiger partial charge in [0.2, 0.25) is 3.79 Å². The molecule has 0 radical (unpaired) electrons. The maximum absolute atomic E-state index is 5.45. The fourth-order valence-corrected chi connectivity index (χ4v) is 0.732. The van der Waals surface area contributed by atoms with Gasteiger partial charge in [-0.25, -0.2) is 0 Å². The quantitative estimate of drug-likeness (QED) is 0.450. The first-order valence-electron chi connectivity index (χ1n) is 2.58. The molecule has 60 valence electrons. The topological polar surface area (TPSA) is 34.0 Å². The van der Waals surface area contributed by atoms with Gasteiger partial charge in [0.1, 0.15) is 0 Å². The van der Waals surface area contributed by atoms with Crippen LogP contribution in [0.5, 0.6) is 0 Å². The Morgan fingerprint density at radius 3 is 2.45 bits per heavy atom. The van der Waals surface area contributed by atoms with Crippen molar-refractivity contribution in [2.24, 2.45) is 10.2 Å². The molecule has 0 saturated heterocycles. The molecule has 0 spiro atoms. The summed E-state index contributed by atoms with van der Waals surface area (Å²) < 4.78 is 3.29. The Kier molecular flexibility index (Phi) is 2.45. The molecule has 1 unspecified atom stereocenters. The van der Waals surface area contributed by atoms with Gasteiger partial charge in [-0.15, -0.1) is 10.2 Å². The summed E-state index contributed by atoms with van der Waals surface area (Å²) >= 11 is 16.4. The number of halogens is 3. The maximum atomic E-state index is 5.45. The predicted octanol–water partition coefficient (Wildman–Crippen LogP) is 2.79. The van der Waals surface area contributed by atoms with Gasteiger partial charge in [-0.3, -0.25) is 0 Å². The lowest BCUT2D eigenvalue weighted by Crippen LogP contribution is -2.22. The van der Waals surface area contributed by atoms with Gasteiger partial charge < -0.3 is 4.74 Å². The molecule has 0 bridgehead atoms. The Hall–Kier alpha value is -0.210. The molecule has 0 saturated carbocycles. The lowest BCUT2D eigenvalue weighted by atomic mass is 10.7. The van der Waals surface area contributed by atoms with E-state index < -0.39 is 10.0 Å². The highest BCUT2D eigenvalue weighted by Gasteiger charge is 2.38. The zero-order valence-electron chi connectivity index (χ0n) is 5.22. The minimum absolute atomic E-state index is 0.140. The van der Waals surface area contributed by atoms with E-state index in [0.29, 0.717) is 0 Å². The second-order valence-corrected chi connectivity index (χ2v) is 4.08. The van der Waals surface area contributed by atoms with Gasteiger partial charge in [0.15, 0.2) is 0 Å². The van der Waals surface area contributed by atoms with Crippen LogP contribution in [0.15, 0.2) is 28.4 Å². The van der Waals surface area contributed by atoms with Crippen LogP contribution < -0.4 is 0 Å². The largest absolute Gasteiger partial charge is 0.438 e. The smallest absolute Gasteiger partial charge is 0.280 e. The molecule has 0 amide bonds. The van der Waals surface area contributed by atoms with Gasteiger partial charge >= 0.3 is 0 Å². The summed E-state index contributed by atoms with van der Waals surface area (Å²) in [5.41, 5.74) is 2.37. The van der Waals surface area contributed by atoms with Crippen LogP contribution in [0.25, 0.3) is 0 Å². The normalized spacial score (nSPS) is 23.2. The molecule has 0 aromatic heterocycles. The van der Waals surface area contributed by atoms with E-state index in [1.165, 1.54) is 0 Å². The Morgan fingerprint density at radius 1 is 1.55 bits per heavy atom. The molecule has 3 nitrogen and oxygen atoms in total. The van der Waals surface area contributed by atoms with Crippen molar-refractivity contribution in [2.75, 3.05) is 0 Å². The van der Waals surface area contributed by atoms with Crippen molar-refractivity contribution in [1.29, 1.82) is 0 Å². The fourth-order valence-electron chi connectivity index (χ4n) is 0.467. The van der Waals surface area contributed by atoms with Gasteiger partial charge in [0.05, 0.1) is 0 Å². The molecule has 0 N–H and O–H groups in total. The summed E-state index contributed by atoms with van der Waals surface area (Å²) in [4.78, 5) is 0. The molecule has 0 aliphatic carbocycles. The van der Waals surface area contributed by atoms with E-state index in [4.69, 9.17) is 39.5 Å². The molecule has 6 heteroatoms. The van der Waals surface area contributed by atoms with Gasteiger partial charge in [0.25, 0.3) is 12.1 Å². The van der Waals surface area contributed by atoms with Crippen molar-refractivity contribution in [3.05, 3.63) is 18.2 Å². The molecule has 11 heavy (non-hydrogen) atoms. The maximum Gasteiger partial charge on any atom is 0.280 e. The molecule has 1 aliphatic heterocycles. The number of alkyl halides is 3. The van der Waals surface area contributed by atoms with Crippen molar-refractivity contribution >= 4 is 34.8 Å². The summed E-state index contributed by atoms with van der Waals surface area (Å²) in [6.45, 7) is 3.29. The van der Waals surface area contributed by atoms with Crippen LogP contribution >= 0.6 is 34.8 Å². The van der Waals surface area contributed by atoms with E-state index in [2.05, 4.69) is 22.5 Å². The number of azo groups is 1. The summed E-state index contributed by atoms with van der Waals surface area (Å²) in [5.74, 6) is 0.140. The SMILES string of the molecule is C=C=C1N=NC(C(Cl)(Cl)Cl)O1. The van der Waals surface area contributed by atoms with Crippen LogP contribution in [0, 0.1) is 0 Å². The van der Waals surface area contributed by atoms with Crippen molar-refractivity contribution in [3.63, 3.8) is 0 Å². The van der Waals surface area contributed by atoms with Gasteiger partial charge in [0, 0.05) is 0 Å². The van der Waals surface area contributed by atoms with Crippen LogP contribution in [0.2, 0.25) is 0 Å². The summed E-state index contributed by atoms with van der Waals surface area (Å²) in [7, 11) is 0. The van der Waals surface area contributed by atoms with Crippen molar-refractivity contribution in [1.82, 2.24) is 0 Å². The van der Waals surface area contributed by atoms with Crippen LogP contribution in [0.1, 0.15) is 0 Å². The summed E-state index contributed by atoms with van der Waals surface area (Å²) in [5, 5.41) is 7.02. The first-order chi connectivity index (χ1) is 5.04. The highest BCUT2D eigenvalue weighted by molar-refractivity contribution is 6.68. The fraction of sp³-hybridized carbons (Fsp3) is 0.400. The van der Waals surface area contributed by atoms with Crippen LogP contribution in [0.3, 0.4) is 0 Å². The third kappa shape index (κ3) is 2.11. The molecule has 1 atom stereocenters. The van der Waals surface area contributed by atoms with Gasteiger partial charge in [-0.1, -0.05) is 47.1 Å². The lowest BCUT2D eigenvalue weighted by molar-refractivity contribution is 0.157. The molecule has 0 aromatic rings. The second-order valence-electron chi connectivity index (χ2n) is 1.71. The van der Waals surface area contributed by atoms with E-state index in [9.17, 15) is 0 Å². The third-order valence-electron chi connectivity index (χ3n) is 0.908. The number of hydrogen-bond donors (Lipinski definition) is 0. The average molecular weight is 213 g/mol. The van der Waals surface area contributed by atoms with E-state index in [1.807, 2.05) is 0 Å². The van der Waals surface area contributed by atoms with Crippen LogP contribution in [0.4, 0.5) is 0 Å². The first-order valence-corrected chi connectivity index (χ1v) is 3.71. The van der Waals surface area contributed by atoms with E-state index in [-0.39, 0.29) is 5.88 Å². The highest BCUT2D eigenvalue weighted by Crippen LogP contribution is 2.36. The number of ether oxygens (including phenoxy) is 1. The predicted molar refractivity (Wildman–Crippen MR) is 42.7 cm³/mol. The zero-order valence-corrected chi connectivity index (χ0v) is 7.49. The first kappa shape index (κ1) is 8.88. The third-order valence-corrected chi connectivity index (χ3v) is 1.47. The molecule has 1 rings (SSSR count). The number of hydrogen-bond acceptors (Lipinski definition) is 3. The zero-order chi connectivity index (χ0) is 8.48. The molecule has 0 aromatic carbocycles. The Morgan fingerprint density at radius 2 is 2.18 bits per heavy atom. The van der Waals surface area contributed by atoms with Crippen LogP contribution in [-0.2, 0) is 4.74 Å². The average Bonchev–Trinajstić information content (AvgIpc) is 2.32. The molecule has 0 fully saturated rings. The lowest BCUT2D eigenvalue weighted by Gasteiger charge is -2.13. The Labute approximate surface area is 78.3 Å². The molecule has 1 heterocycles. The van der Waals surface area contributed by atoms with Crippen molar-refractivity contribution < 1.29 is 4.74 Å². The van der Waals surface area contributed by atoms with Crippen molar-refractivity contribution in [2.45, 2.75) is 10.0 Å². The van der Waals surface area contributed by atoms with Gasteiger partial charge in [-0.2, -0.15) is 0 Å². The number of rotatable bonds is 0. The summed E-state index contributed by atoms with van der Waals surface area (Å²) in [6, 6.07) is 0. The minimum atomic E-state index is -1.60. The summed E-state index contributed by atoms with van der Waals surface area (Å²) in [6.07, 6.45) is -0.892. The molecule has 1 aliphatic rings. The highest BCUT2D eigenvalue weighted by atomic mass is 35.6. The standard InChI is InChI=1S/C5H3Cl3N2O/c1-2-3-9-10-4(11-3)5(6,7)8/h4H,1H2. The Balaban J connectivity index is 2.72. The second kappa shape index (κ2) is 3.03. The molecular weight excluding hydrogens is 210 g/mol.